The minimum atomic E-state index is -0.820. The third-order valence-corrected chi connectivity index (χ3v) is 1.67. The molecule has 0 radical (unpaired) electrons. The van der Waals surface area contributed by atoms with Crippen molar-refractivity contribution in [1.29, 1.82) is 0 Å². The topological polar surface area (TPSA) is 63.6 Å². The summed E-state index contributed by atoms with van der Waals surface area (Å²) >= 11 is 0. The van der Waals surface area contributed by atoms with Crippen LogP contribution in [0.2, 0.25) is 0 Å². The minimum absolute atomic E-state index is 0. The fraction of sp³-hybridized carbons (Fsp3) is 0.778. The van der Waals surface area contributed by atoms with Crippen molar-refractivity contribution in [1.82, 2.24) is 0 Å². The Labute approximate surface area is 78.9 Å². The second kappa shape index (κ2) is 7.58. The predicted molar refractivity (Wildman–Crippen MR) is 49.4 cm³/mol. The van der Waals surface area contributed by atoms with E-state index in [1.807, 2.05) is 0 Å². The van der Waals surface area contributed by atoms with Crippen molar-refractivity contribution < 1.29 is 19.4 Å². The normalized spacial score (nSPS) is 11.2. The molecule has 1 atom stereocenters. The first-order chi connectivity index (χ1) is 5.57. The SMILES string of the molecule is C.COC(=O)CCC[C@H](C)C(=O)O. The van der Waals surface area contributed by atoms with Gasteiger partial charge in [0.15, 0.2) is 0 Å². The number of carboxylic acids is 1. The van der Waals surface area contributed by atoms with Gasteiger partial charge in [-0.3, -0.25) is 9.59 Å². The van der Waals surface area contributed by atoms with Crippen molar-refractivity contribution in [2.75, 3.05) is 7.11 Å². The third-order valence-electron chi connectivity index (χ3n) is 1.67. The molecule has 1 N–H and O–H groups in total. The molecule has 0 amide bonds. The van der Waals surface area contributed by atoms with Crippen LogP contribution >= 0.6 is 0 Å². The number of aliphatic carboxylic acids is 1. The van der Waals surface area contributed by atoms with Crippen LogP contribution in [0.4, 0.5) is 0 Å². The van der Waals surface area contributed by atoms with Gasteiger partial charge in [0.25, 0.3) is 0 Å². The van der Waals surface area contributed by atoms with Crippen molar-refractivity contribution in [3.63, 3.8) is 0 Å². The van der Waals surface area contributed by atoms with E-state index >= 15 is 0 Å². The van der Waals surface area contributed by atoms with Crippen LogP contribution in [0.15, 0.2) is 0 Å². The van der Waals surface area contributed by atoms with Gasteiger partial charge in [0.2, 0.25) is 0 Å². The average molecular weight is 190 g/mol. The Morgan fingerprint density at radius 2 is 2.00 bits per heavy atom. The predicted octanol–water partition coefficient (Wildman–Crippen LogP) is 1.69. The molecule has 0 aliphatic rings. The lowest BCUT2D eigenvalue weighted by Crippen LogP contribution is -2.10. The molecule has 0 aliphatic heterocycles. The van der Waals surface area contributed by atoms with Gasteiger partial charge in [0.05, 0.1) is 13.0 Å². The van der Waals surface area contributed by atoms with Gasteiger partial charge in [0, 0.05) is 6.42 Å². The van der Waals surface area contributed by atoms with Gasteiger partial charge >= 0.3 is 11.9 Å². The van der Waals surface area contributed by atoms with E-state index in [9.17, 15) is 9.59 Å². The first kappa shape index (κ1) is 14.5. The largest absolute Gasteiger partial charge is 0.481 e. The molecule has 0 unspecified atom stereocenters. The third kappa shape index (κ3) is 7.31. The number of rotatable bonds is 5. The number of esters is 1. The summed E-state index contributed by atoms with van der Waals surface area (Å²) in [6.07, 6.45) is 1.39. The maximum Gasteiger partial charge on any atom is 0.306 e. The molecule has 0 spiro atoms. The first-order valence-electron chi connectivity index (χ1n) is 3.87. The van der Waals surface area contributed by atoms with Crippen LogP contribution in [0.5, 0.6) is 0 Å². The molecule has 0 fully saturated rings. The highest BCUT2D eigenvalue weighted by Gasteiger charge is 2.10. The molecule has 0 heterocycles. The molecule has 0 bridgehead atoms. The molecule has 4 nitrogen and oxygen atoms in total. The summed E-state index contributed by atoms with van der Waals surface area (Å²) in [5.74, 6) is -1.48. The van der Waals surface area contributed by atoms with Crippen molar-refractivity contribution in [3.05, 3.63) is 0 Å². The lowest BCUT2D eigenvalue weighted by atomic mass is 10.0. The zero-order chi connectivity index (χ0) is 9.56. The second-order valence-electron chi connectivity index (χ2n) is 2.71. The Balaban J connectivity index is 0. The summed E-state index contributed by atoms with van der Waals surface area (Å²) in [6, 6.07) is 0. The highest BCUT2D eigenvalue weighted by atomic mass is 16.5. The maximum absolute atomic E-state index is 10.6. The Morgan fingerprint density at radius 1 is 1.46 bits per heavy atom. The van der Waals surface area contributed by atoms with Crippen molar-refractivity contribution in [2.45, 2.75) is 33.6 Å². The number of carbonyl (C=O) groups is 2. The number of ether oxygens (including phenoxy) is 1. The summed E-state index contributed by atoms with van der Waals surface area (Å²) in [4.78, 5) is 20.9. The molecule has 0 aromatic rings. The van der Waals surface area contributed by atoms with Crippen molar-refractivity contribution >= 4 is 11.9 Å². The molecule has 0 aliphatic carbocycles. The summed E-state index contributed by atoms with van der Waals surface area (Å²) in [5.41, 5.74) is 0. The molecular formula is C9H18O4. The number of methoxy groups -OCH3 is 1. The number of hydrogen-bond acceptors (Lipinski definition) is 3. The van der Waals surface area contributed by atoms with Gasteiger partial charge in [-0.15, -0.1) is 0 Å². The van der Waals surface area contributed by atoms with Crippen LogP contribution < -0.4 is 0 Å². The van der Waals surface area contributed by atoms with Crippen LogP contribution in [0, 0.1) is 5.92 Å². The average Bonchev–Trinajstić information content (AvgIpc) is 2.03. The molecule has 0 aromatic heterocycles. The fourth-order valence-electron chi connectivity index (χ4n) is 0.778. The van der Waals surface area contributed by atoms with Gasteiger partial charge in [-0.25, -0.2) is 0 Å². The molecule has 0 rings (SSSR count). The van der Waals surface area contributed by atoms with E-state index in [0.29, 0.717) is 19.3 Å². The first-order valence-corrected chi connectivity index (χ1v) is 3.87. The number of carboxylic acid groups (broad SMARTS) is 1. The van der Waals surface area contributed by atoms with Crippen molar-refractivity contribution in [2.24, 2.45) is 5.92 Å². The van der Waals surface area contributed by atoms with Gasteiger partial charge in [-0.05, 0) is 12.8 Å². The molecule has 4 heteroatoms. The van der Waals surface area contributed by atoms with Crippen molar-refractivity contribution in [3.8, 4) is 0 Å². The van der Waals surface area contributed by atoms with Crippen LogP contribution in [-0.2, 0) is 14.3 Å². The minimum Gasteiger partial charge on any atom is -0.481 e. The Morgan fingerprint density at radius 3 is 2.38 bits per heavy atom. The maximum atomic E-state index is 10.6. The monoisotopic (exact) mass is 190 g/mol. The highest BCUT2D eigenvalue weighted by Crippen LogP contribution is 2.07. The van der Waals surface area contributed by atoms with Gasteiger partial charge < -0.3 is 9.84 Å². The zero-order valence-electron chi connectivity index (χ0n) is 7.37. The van der Waals surface area contributed by atoms with E-state index in [2.05, 4.69) is 4.74 Å². The molecule has 78 valence electrons. The van der Waals surface area contributed by atoms with Gasteiger partial charge in [-0.2, -0.15) is 0 Å². The fourth-order valence-corrected chi connectivity index (χ4v) is 0.778. The van der Waals surface area contributed by atoms with E-state index in [0.717, 1.165) is 0 Å². The summed E-state index contributed by atoms with van der Waals surface area (Å²) in [7, 11) is 1.32. The zero-order valence-corrected chi connectivity index (χ0v) is 7.37. The molecule has 13 heavy (non-hydrogen) atoms. The quantitative estimate of drug-likeness (QED) is 0.670. The summed E-state index contributed by atoms with van der Waals surface area (Å²) < 4.78 is 4.41. The summed E-state index contributed by atoms with van der Waals surface area (Å²) in [5, 5.41) is 8.49. The van der Waals surface area contributed by atoms with Crippen LogP contribution in [-0.4, -0.2) is 24.2 Å². The van der Waals surface area contributed by atoms with Crippen LogP contribution in [0.3, 0.4) is 0 Å². The number of carbonyl (C=O) groups excluding carboxylic acids is 1. The summed E-state index contributed by atoms with van der Waals surface area (Å²) in [6.45, 7) is 1.62. The standard InChI is InChI=1S/C8H14O4.CH4/c1-6(8(10)11)4-3-5-7(9)12-2;/h6H,3-5H2,1-2H3,(H,10,11);1H4/t6-;/m0./s1. The van der Waals surface area contributed by atoms with E-state index < -0.39 is 5.97 Å². The Bertz CT molecular complexity index is 165. The second-order valence-corrected chi connectivity index (χ2v) is 2.71. The highest BCUT2D eigenvalue weighted by molar-refractivity contribution is 5.70. The smallest absolute Gasteiger partial charge is 0.306 e. The Hall–Kier alpha value is -1.06. The van der Waals surface area contributed by atoms with E-state index in [1.54, 1.807) is 6.92 Å². The molecule has 0 saturated heterocycles. The molecule has 0 aromatic carbocycles. The van der Waals surface area contributed by atoms with Gasteiger partial charge in [-0.1, -0.05) is 14.4 Å². The number of hydrogen-bond donors (Lipinski definition) is 1. The van der Waals surface area contributed by atoms with E-state index in [4.69, 9.17) is 5.11 Å². The van der Waals surface area contributed by atoms with Crippen LogP contribution in [0.1, 0.15) is 33.6 Å². The molecular weight excluding hydrogens is 172 g/mol. The van der Waals surface area contributed by atoms with Gasteiger partial charge in [0.1, 0.15) is 0 Å². The van der Waals surface area contributed by atoms with E-state index in [1.165, 1.54) is 7.11 Å². The molecule has 0 saturated carbocycles. The van der Waals surface area contributed by atoms with E-state index in [-0.39, 0.29) is 19.3 Å². The lowest BCUT2D eigenvalue weighted by Gasteiger charge is -2.03. The van der Waals surface area contributed by atoms with Crippen LogP contribution in [0.25, 0.3) is 0 Å². The Kier molecular flexibility index (Phi) is 8.44. The lowest BCUT2D eigenvalue weighted by molar-refractivity contribution is -0.143.